The molecule has 1 fully saturated rings. The minimum absolute atomic E-state index is 0.179. The molecule has 0 heterocycles. The van der Waals surface area contributed by atoms with Crippen LogP contribution in [-0.4, -0.2) is 26.2 Å². The standard InChI is InChI=1S/C15H24O4/c1-6-7-11-8-15(13(16)18-4,14(17)19-5)9-12(11)10(2)3/h11-12H,2,6-9H2,1,3-5H3/t11-,12+/m1/s1. The highest BCUT2D eigenvalue weighted by molar-refractivity contribution is 6.00. The van der Waals surface area contributed by atoms with Crippen LogP contribution in [0.25, 0.3) is 0 Å². The van der Waals surface area contributed by atoms with Crippen molar-refractivity contribution < 1.29 is 19.1 Å². The predicted octanol–water partition coefficient (Wildman–Crippen LogP) is 2.72. The summed E-state index contributed by atoms with van der Waals surface area (Å²) >= 11 is 0. The normalized spacial score (nSPS) is 24.8. The molecule has 1 rings (SSSR count). The molecule has 4 nitrogen and oxygen atoms in total. The van der Waals surface area contributed by atoms with E-state index in [-0.39, 0.29) is 5.92 Å². The Labute approximate surface area is 115 Å². The Hall–Kier alpha value is -1.32. The summed E-state index contributed by atoms with van der Waals surface area (Å²) in [6.45, 7) is 8.06. The van der Waals surface area contributed by atoms with Crippen LogP contribution in [-0.2, 0) is 19.1 Å². The van der Waals surface area contributed by atoms with Gasteiger partial charge in [0.15, 0.2) is 5.41 Å². The van der Waals surface area contributed by atoms with E-state index in [1.807, 2.05) is 6.92 Å². The molecule has 0 spiro atoms. The Morgan fingerprint density at radius 3 is 2.11 bits per heavy atom. The lowest BCUT2D eigenvalue weighted by molar-refractivity contribution is -0.169. The maximum atomic E-state index is 12.1. The van der Waals surface area contributed by atoms with Gasteiger partial charge in [0.25, 0.3) is 0 Å². The van der Waals surface area contributed by atoms with E-state index in [1.54, 1.807) is 0 Å². The van der Waals surface area contributed by atoms with Gasteiger partial charge in [-0.05, 0) is 31.6 Å². The van der Waals surface area contributed by atoms with Gasteiger partial charge >= 0.3 is 11.9 Å². The average molecular weight is 268 g/mol. The van der Waals surface area contributed by atoms with Gasteiger partial charge in [0, 0.05) is 0 Å². The molecule has 0 bridgehead atoms. The van der Waals surface area contributed by atoms with E-state index in [0.717, 1.165) is 18.4 Å². The van der Waals surface area contributed by atoms with Crippen LogP contribution in [0.15, 0.2) is 12.2 Å². The zero-order valence-corrected chi connectivity index (χ0v) is 12.3. The first kappa shape index (κ1) is 15.7. The lowest BCUT2D eigenvalue weighted by Gasteiger charge is -2.23. The van der Waals surface area contributed by atoms with Crippen molar-refractivity contribution in [1.82, 2.24) is 0 Å². The summed E-state index contributed by atoms with van der Waals surface area (Å²) < 4.78 is 9.69. The smallest absolute Gasteiger partial charge is 0.323 e. The van der Waals surface area contributed by atoms with Crippen LogP contribution in [0, 0.1) is 17.3 Å². The molecule has 0 saturated heterocycles. The Kier molecular flexibility index (Phi) is 5.15. The fourth-order valence-corrected chi connectivity index (χ4v) is 3.27. The highest BCUT2D eigenvalue weighted by Crippen LogP contribution is 2.51. The molecular formula is C15H24O4. The summed E-state index contributed by atoms with van der Waals surface area (Å²) in [5, 5.41) is 0. The van der Waals surface area contributed by atoms with Crippen LogP contribution in [0.5, 0.6) is 0 Å². The molecule has 4 heteroatoms. The van der Waals surface area contributed by atoms with E-state index in [0.29, 0.717) is 18.8 Å². The summed E-state index contributed by atoms with van der Waals surface area (Å²) in [6, 6.07) is 0. The van der Waals surface area contributed by atoms with Gasteiger partial charge in [-0.15, -0.1) is 0 Å². The largest absolute Gasteiger partial charge is 0.468 e. The summed E-state index contributed by atoms with van der Waals surface area (Å²) in [5.74, 6) is -0.493. The SMILES string of the molecule is C=C(C)[C@@H]1CC(C(=O)OC)(C(=O)OC)C[C@H]1CCC. The van der Waals surface area contributed by atoms with Gasteiger partial charge in [-0.1, -0.05) is 31.9 Å². The van der Waals surface area contributed by atoms with Crippen molar-refractivity contribution in [3.05, 3.63) is 12.2 Å². The third-order valence-corrected chi connectivity index (χ3v) is 4.19. The van der Waals surface area contributed by atoms with Crippen molar-refractivity contribution in [2.45, 2.75) is 39.5 Å². The van der Waals surface area contributed by atoms with Crippen LogP contribution >= 0.6 is 0 Å². The number of rotatable bonds is 5. The van der Waals surface area contributed by atoms with E-state index in [9.17, 15) is 9.59 Å². The van der Waals surface area contributed by atoms with Crippen LogP contribution in [0.1, 0.15) is 39.5 Å². The van der Waals surface area contributed by atoms with E-state index in [1.165, 1.54) is 14.2 Å². The van der Waals surface area contributed by atoms with Crippen molar-refractivity contribution in [1.29, 1.82) is 0 Å². The minimum Gasteiger partial charge on any atom is -0.468 e. The maximum absolute atomic E-state index is 12.1. The topological polar surface area (TPSA) is 52.6 Å². The van der Waals surface area contributed by atoms with E-state index in [4.69, 9.17) is 9.47 Å². The second-order valence-corrected chi connectivity index (χ2v) is 5.48. The Morgan fingerprint density at radius 2 is 1.74 bits per heavy atom. The second kappa shape index (κ2) is 6.22. The van der Waals surface area contributed by atoms with Crippen molar-refractivity contribution in [3.63, 3.8) is 0 Å². The number of esters is 2. The number of ether oxygens (including phenoxy) is 2. The average Bonchev–Trinajstić information content (AvgIpc) is 2.78. The zero-order valence-electron chi connectivity index (χ0n) is 12.3. The molecule has 1 aliphatic rings. The molecule has 0 aliphatic heterocycles. The summed E-state index contributed by atoms with van der Waals surface area (Å²) in [5.41, 5.74) is -0.124. The van der Waals surface area contributed by atoms with E-state index >= 15 is 0 Å². The zero-order chi connectivity index (χ0) is 14.6. The van der Waals surface area contributed by atoms with Crippen molar-refractivity contribution >= 4 is 11.9 Å². The maximum Gasteiger partial charge on any atom is 0.323 e. The van der Waals surface area contributed by atoms with E-state index in [2.05, 4.69) is 13.5 Å². The molecule has 0 aromatic rings. The number of hydrogen-bond acceptors (Lipinski definition) is 4. The van der Waals surface area contributed by atoms with Crippen LogP contribution in [0.4, 0.5) is 0 Å². The number of carbonyl (C=O) groups excluding carboxylic acids is 2. The Balaban J connectivity index is 3.11. The first-order valence-electron chi connectivity index (χ1n) is 6.75. The monoisotopic (exact) mass is 268 g/mol. The highest BCUT2D eigenvalue weighted by atomic mass is 16.5. The number of allylic oxidation sites excluding steroid dienone is 1. The number of carbonyl (C=O) groups is 2. The number of methoxy groups -OCH3 is 2. The molecule has 0 N–H and O–H groups in total. The first-order chi connectivity index (χ1) is 8.92. The van der Waals surface area contributed by atoms with Gasteiger partial charge in [-0.2, -0.15) is 0 Å². The van der Waals surface area contributed by atoms with Crippen LogP contribution in [0.2, 0.25) is 0 Å². The summed E-state index contributed by atoms with van der Waals surface area (Å²) in [4.78, 5) is 24.2. The fourth-order valence-electron chi connectivity index (χ4n) is 3.27. The molecule has 0 unspecified atom stereocenters. The Bertz CT molecular complexity index is 356. The van der Waals surface area contributed by atoms with Crippen molar-refractivity contribution in [2.24, 2.45) is 17.3 Å². The molecule has 19 heavy (non-hydrogen) atoms. The van der Waals surface area contributed by atoms with Gasteiger partial charge in [0.05, 0.1) is 14.2 Å². The minimum atomic E-state index is -1.15. The van der Waals surface area contributed by atoms with Crippen LogP contribution < -0.4 is 0 Å². The molecule has 0 aromatic carbocycles. The summed E-state index contributed by atoms with van der Waals surface area (Å²) in [7, 11) is 2.63. The Morgan fingerprint density at radius 1 is 1.21 bits per heavy atom. The molecular weight excluding hydrogens is 244 g/mol. The summed E-state index contributed by atoms with van der Waals surface area (Å²) in [6.07, 6.45) is 2.95. The quantitative estimate of drug-likeness (QED) is 0.437. The van der Waals surface area contributed by atoms with E-state index < -0.39 is 17.4 Å². The van der Waals surface area contributed by atoms with Gasteiger partial charge in [-0.25, -0.2) is 0 Å². The molecule has 1 aliphatic carbocycles. The van der Waals surface area contributed by atoms with Gasteiger partial charge in [0.2, 0.25) is 0 Å². The predicted molar refractivity (Wildman–Crippen MR) is 72.4 cm³/mol. The molecule has 0 aromatic heterocycles. The molecule has 1 saturated carbocycles. The highest BCUT2D eigenvalue weighted by Gasteiger charge is 2.56. The van der Waals surface area contributed by atoms with Gasteiger partial charge < -0.3 is 9.47 Å². The fraction of sp³-hybridized carbons (Fsp3) is 0.733. The molecule has 2 atom stereocenters. The van der Waals surface area contributed by atoms with Crippen molar-refractivity contribution in [2.75, 3.05) is 14.2 Å². The second-order valence-electron chi connectivity index (χ2n) is 5.48. The van der Waals surface area contributed by atoms with Gasteiger partial charge in [-0.3, -0.25) is 9.59 Å². The molecule has 0 radical (unpaired) electrons. The third kappa shape index (κ3) is 2.82. The first-order valence-corrected chi connectivity index (χ1v) is 6.75. The molecule has 108 valence electrons. The molecule has 0 amide bonds. The van der Waals surface area contributed by atoms with Crippen molar-refractivity contribution in [3.8, 4) is 0 Å². The number of hydrogen-bond donors (Lipinski definition) is 0. The third-order valence-electron chi connectivity index (χ3n) is 4.19. The van der Waals surface area contributed by atoms with Crippen LogP contribution in [0.3, 0.4) is 0 Å². The lowest BCUT2D eigenvalue weighted by Crippen LogP contribution is -2.39. The lowest BCUT2D eigenvalue weighted by atomic mass is 9.84. The van der Waals surface area contributed by atoms with Gasteiger partial charge in [0.1, 0.15) is 0 Å².